The van der Waals surface area contributed by atoms with Crippen LogP contribution in [0.25, 0.3) is 0 Å². The lowest BCUT2D eigenvalue weighted by Gasteiger charge is -2.37. The molecule has 132 valence electrons. The zero-order valence-corrected chi connectivity index (χ0v) is 14.5. The number of ether oxygens (including phenoxy) is 4. The van der Waals surface area contributed by atoms with Crippen molar-refractivity contribution in [2.45, 2.75) is 38.1 Å². The Morgan fingerprint density at radius 1 is 0.920 bits per heavy atom. The highest BCUT2D eigenvalue weighted by Gasteiger charge is 2.36. The van der Waals surface area contributed by atoms with Gasteiger partial charge in [-0.2, -0.15) is 0 Å². The molecule has 4 heteroatoms. The van der Waals surface area contributed by atoms with Gasteiger partial charge in [-0.25, -0.2) is 0 Å². The van der Waals surface area contributed by atoms with Gasteiger partial charge < -0.3 is 18.9 Å². The van der Waals surface area contributed by atoms with Crippen molar-refractivity contribution >= 4 is 0 Å². The summed E-state index contributed by atoms with van der Waals surface area (Å²) in [6.07, 6.45) is -0.253. The quantitative estimate of drug-likeness (QED) is 0.761. The van der Waals surface area contributed by atoms with Crippen LogP contribution in [0.4, 0.5) is 0 Å². The first-order valence-electron chi connectivity index (χ1n) is 8.45. The van der Waals surface area contributed by atoms with Gasteiger partial charge in [-0.05, 0) is 11.1 Å². The van der Waals surface area contributed by atoms with Crippen molar-refractivity contribution in [1.29, 1.82) is 0 Å². The first-order chi connectivity index (χ1) is 12.3. The van der Waals surface area contributed by atoms with Crippen molar-refractivity contribution in [1.82, 2.24) is 0 Å². The molecule has 1 aliphatic rings. The van der Waals surface area contributed by atoms with Gasteiger partial charge in [0.2, 0.25) is 6.29 Å². The third-order valence-electron chi connectivity index (χ3n) is 4.20. The summed E-state index contributed by atoms with van der Waals surface area (Å²) in [5.41, 5.74) is 2.22. The molecule has 3 atom stereocenters. The summed E-state index contributed by atoms with van der Waals surface area (Å²) < 4.78 is 23.2. The predicted octanol–water partition coefficient (Wildman–Crippen LogP) is 4.06. The fraction of sp³-hybridized carbons (Fsp3) is 0.333. The van der Waals surface area contributed by atoms with Crippen LogP contribution in [0.3, 0.4) is 0 Å². The van der Waals surface area contributed by atoms with Crippen molar-refractivity contribution in [2.75, 3.05) is 7.11 Å². The van der Waals surface area contributed by atoms with E-state index in [2.05, 4.69) is 6.58 Å². The van der Waals surface area contributed by atoms with Crippen molar-refractivity contribution in [3.63, 3.8) is 0 Å². The van der Waals surface area contributed by atoms with Crippen LogP contribution in [-0.4, -0.2) is 25.6 Å². The molecule has 1 saturated heterocycles. The average Bonchev–Trinajstić information content (AvgIpc) is 2.67. The van der Waals surface area contributed by atoms with Crippen LogP contribution in [0.1, 0.15) is 17.5 Å². The minimum Gasteiger partial charge on any atom is -0.467 e. The van der Waals surface area contributed by atoms with Crippen molar-refractivity contribution in [3.8, 4) is 0 Å². The fourth-order valence-corrected chi connectivity index (χ4v) is 2.84. The Kier molecular flexibility index (Phi) is 6.23. The number of hydrogen-bond acceptors (Lipinski definition) is 4. The van der Waals surface area contributed by atoms with Gasteiger partial charge in [0.05, 0.1) is 19.3 Å². The van der Waals surface area contributed by atoms with E-state index in [1.165, 1.54) is 0 Å². The summed E-state index contributed by atoms with van der Waals surface area (Å²) in [4.78, 5) is 0. The first-order valence-corrected chi connectivity index (χ1v) is 8.45. The maximum absolute atomic E-state index is 6.13. The molecule has 3 rings (SSSR count). The molecular weight excluding hydrogens is 316 g/mol. The van der Waals surface area contributed by atoms with E-state index in [-0.39, 0.29) is 18.5 Å². The monoisotopic (exact) mass is 340 g/mol. The highest BCUT2D eigenvalue weighted by atomic mass is 16.7. The molecular formula is C21H24O4. The highest BCUT2D eigenvalue weighted by molar-refractivity contribution is 5.15. The third kappa shape index (κ3) is 4.92. The fourth-order valence-electron chi connectivity index (χ4n) is 2.84. The van der Waals surface area contributed by atoms with Crippen molar-refractivity contribution < 1.29 is 18.9 Å². The standard InChI is InChI=1S/C21H24O4/c1-16-21(24-15-18-11-7-4-8-12-18)19(13-20(22-2)25-16)23-14-17-9-5-3-6-10-17/h3-12,19-21H,1,13-15H2,2H3/t19-,20+,21-/m1/s1. The second kappa shape index (κ2) is 8.81. The molecule has 1 aliphatic heterocycles. The van der Waals surface area contributed by atoms with Gasteiger partial charge in [-0.1, -0.05) is 67.2 Å². The minimum absolute atomic E-state index is 0.171. The third-order valence-corrected chi connectivity index (χ3v) is 4.20. The molecule has 2 aromatic carbocycles. The van der Waals surface area contributed by atoms with Gasteiger partial charge in [-0.15, -0.1) is 0 Å². The Morgan fingerprint density at radius 2 is 1.48 bits per heavy atom. The average molecular weight is 340 g/mol. The summed E-state index contributed by atoms with van der Waals surface area (Å²) >= 11 is 0. The smallest absolute Gasteiger partial charge is 0.201 e. The Hall–Kier alpha value is -2.14. The van der Waals surface area contributed by atoms with Gasteiger partial charge in [0.25, 0.3) is 0 Å². The summed E-state index contributed by atoms with van der Waals surface area (Å²) in [5, 5.41) is 0. The summed E-state index contributed by atoms with van der Waals surface area (Å²) in [6.45, 7) is 5.00. The molecule has 0 saturated carbocycles. The molecule has 4 nitrogen and oxygen atoms in total. The molecule has 2 aromatic rings. The molecule has 0 radical (unpaired) electrons. The van der Waals surface area contributed by atoms with Crippen LogP contribution in [0, 0.1) is 0 Å². The number of rotatable bonds is 7. The predicted molar refractivity (Wildman–Crippen MR) is 95.7 cm³/mol. The van der Waals surface area contributed by atoms with E-state index < -0.39 is 0 Å². The lowest BCUT2D eigenvalue weighted by atomic mass is 10.1. The van der Waals surface area contributed by atoms with E-state index >= 15 is 0 Å². The lowest BCUT2D eigenvalue weighted by Crippen LogP contribution is -2.43. The van der Waals surface area contributed by atoms with Crippen LogP contribution in [0.15, 0.2) is 73.0 Å². The first kappa shape index (κ1) is 17.7. The van der Waals surface area contributed by atoms with Gasteiger partial charge in [0.15, 0.2) is 0 Å². The Labute approximate surface area is 149 Å². The highest BCUT2D eigenvalue weighted by Crippen LogP contribution is 2.28. The molecule has 0 bridgehead atoms. The van der Waals surface area contributed by atoms with Crippen molar-refractivity contribution in [3.05, 3.63) is 84.1 Å². The number of methoxy groups -OCH3 is 1. The summed E-state index contributed by atoms with van der Waals surface area (Å²) in [7, 11) is 1.62. The van der Waals surface area contributed by atoms with E-state index in [0.29, 0.717) is 25.4 Å². The maximum Gasteiger partial charge on any atom is 0.201 e. The van der Waals surface area contributed by atoms with E-state index in [4.69, 9.17) is 18.9 Å². The molecule has 0 unspecified atom stereocenters. The second-order valence-electron chi connectivity index (χ2n) is 6.04. The van der Waals surface area contributed by atoms with Crippen LogP contribution in [-0.2, 0) is 32.2 Å². The Bertz CT molecular complexity index is 656. The van der Waals surface area contributed by atoms with E-state index in [1.54, 1.807) is 7.11 Å². The molecule has 0 aliphatic carbocycles. The lowest BCUT2D eigenvalue weighted by molar-refractivity contribution is -0.199. The van der Waals surface area contributed by atoms with Crippen LogP contribution in [0.5, 0.6) is 0 Å². The van der Waals surface area contributed by atoms with Crippen LogP contribution >= 0.6 is 0 Å². The molecule has 0 spiro atoms. The molecule has 25 heavy (non-hydrogen) atoms. The summed E-state index contributed by atoms with van der Waals surface area (Å²) in [5.74, 6) is 0.548. The Balaban J connectivity index is 1.64. The van der Waals surface area contributed by atoms with E-state index in [9.17, 15) is 0 Å². The second-order valence-corrected chi connectivity index (χ2v) is 6.04. The number of hydrogen-bond donors (Lipinski definition) is 0. The molecule has 0 N–H and O–H groups in total. The van der Waals surface area contributed by atoms with Gasteiger partial charge in [0.1, 0.15) is 11.9 Å². The molecule has 0 amide bonds. The SMILES string of the molecule is C=C1O[C@H](OC)C[C@@H](OCc2ccccc2)[C@@H]1OCc1ccccc1. The zero-order valence-electron chi connectivity index (χ0n) is 14.5. The molecule has 0 aromatic heterocycles. The van der Waals surface area contributed by atoms with Crippen molar-refractivity contribution in [2.24, 2.45) is 0 Å². The van der Waals surface area contributed by atoms with E-state index in [1.807, 2.05) is 60.7 Å². The van der Waals surface area contributed by atoms with Gasteiger partial charge >= 0.3 is 0 Å². The summed E-state index contributed by atoms with van der Waals surface area (Å²) in [6, 6.07) is 20.1. The van der Waals surface area contributed by atoms with Crippen LogP contribution in [0.2, 0.25) is 0 Å². The van der Waals surface area contributed by atoms with Gasteiger partial charge in [-0.3, -0.25) is 0 Å². The zero-order chi connectivity index (χ0) is 17.5. The number of benzene rings is 2. The van der Waals surface area contributed by atoms with Gasteiger partial charge in [0, 0.05) is 13.5 Å². The minimum atomic E-state index is -0.357. The molecule has 1 heterocycles. The topological polar surface area (TPSA) is 36.9 Å². The Morgan fingerprint density at radius 3 is 2.04 bits per heavy atom. The molecule has 1 fully saturated rings. The largest absolute Gasteiger partial charge is 0.467 e. The van der Waals surface area contributed by atoms with E-state index in [0.717, 1.165) is 11.1 Å². The normalized spacial score (nSPS) is 23.2. The van der Waals surface area contributed by atoms with Crippen LogP contribution < -0.4 is 0 Å². The maximum atomic E-state index is 6.13.